The van der Waals surface area contributed by atoms with Gasteiger partial charge in [-0.25, -0.2) is 0 Å². The highest BCUT2D eigenvalue weighted by Crippen LogP contribution is 2.07. The van der Waals surface area contributed by atoms with E-state index in [9.17, 15) is 4.79 Å². The van der Waals surface area contributed by atoms with Crippen LogP contribution in [0.25, 0.3) is 0 Å². The summed E-state index contributed by atoms with van der Waals surface area (Å²) in [6.07, 6.45) is 6.28. The molecule has 0 saturated carbocycles. The van der Waals surface area contributed by atoms with Gasteiger partial charge in [0.05, 0.1) is 0 Å². The second-order valence-electron chi connectivity index (χ2n) is 4.34. The Kier molecular flexibility index (Phi) is 5.36. The lowest BCUT2D eigenvalue weighted by Gasteiger charge is -1.98. The van der Waals surface area contributed by atoms with Gasteiger partial charge in [0.1, 0.15) is 0 Å². The minimum atomic E-state index is 0.207. The largest absolute Gasteiger partial charge is 0.299 e. The highest BCUT2D eigenvalue weighted by Gasteiger charge is 2.11. The monoisotopic (exact) mass is 224 g/mol. The summed E-state index contributed by atoms with van der Waals surface area (Å²) >= 11 is 0. The Hall–Kier alpha value is -0.990. The van der Waals surface area contributed by atoms with Crippen molar-refractivity contribution in [3.05, 3.63) is 21.6 Å². The van der Waals surface area contributed by atoms with Gasteiger partial charge in [-0.05, 0) is 25.7 Å². The highest BCUT2D eigenvalue weighted by atomic mass is 16.1. The van der Waals surface area contributed by atoms with Crippen LogP contribution in [0.3, 0.4) is 0 Å². The summed E-state index contributed by atoms with van der Waals surface area (Å²) in [5.41, 5.74) is 2.36. The summed E-state index contributed by atoms with van der Waals surface area (Å²) in [4.78, 5) is 12.1. The number of aromatic amines is 1. The summed E-state index contributed by atoms with van der Waals surface area (Å²) in [7, 11) is 0. The van der Waals surface area contributed by atoms with Crippen LogP contribution >= 0.6 is 0 Å². The second-order valence-corrected chi connectivity index (χ2v) is 4.34. The fraction of sp³-hybridized carbons (Fsp3) is 0.769. The Balaban J connectivity index is 2.87. The molecule has 1 N–H and O–H groups in total. The van der Waals surface area contributed by atoms with Crippen LogP contribution in [0.2, 0.25) is 0 Å². The number of nitrogens with one attached hydrogen (secondary N) is 1. The predicted octanol–water partition coefficient (Wildman–Crippen LogP) is 2.88. The van der Waals surface area contributed by atoms with Crippen molar-refractivity contribution in [2.24, 2.45) is 0 Å². The maximum atomic E-state index is 12.1. The fourth-order valence-electron chi connectivity index (χ4n) is 1.95. The lowest BCUT2D eigenvalue weighted by atomic mass is 10.1. The molecule has 0 saturated heterocycles. The van der Waals surface area contributed by atoms with Gasteiger partial charge in [-0.2, -0.15) is 0 Å². The van der Waals surface area contributed by atoms with Crippen LogP contribution in [0.1, 0.15) is 57.7 Å². The molecular weight excluding hydrogens is 200 g/mol. The lowest BCUT2D eigenvalue weighted by molar-refractivity contribution is 0.551. The van der Waals surface area contributed by atoms with Crippen molar-refractivity contribution in [2.45, 2.75) is 65.8 Å². The molecule has 16 heavy (non-hydrogen) atoms. The number of H-pyrrole nitrogens is 1. The molecule has 0 aliphatic rings. The van der Waals surface area contributed by atoms with E-state index in [1.54, 1.807) is 4.68 Å². The molecule has 0 atom stereocenters. The number of unbranched alkanes of at least 4 members (excludes halogenated alkanes) is 2. The molecule has 0 bridgehead atoms. The van der Waals surface area contributed by atoms with Crippen molar-refractivity contribution >= 4 is 0 Å². The molecule has 0 radical (unpaired) electrons. The number of rotatable bonds is 7. The van der Waals surface area contributed by atoms with E-state index < -0.39 is 0 Å². The smallest absolute Gasteiger partial charge is 0.269 e. The molecule has 1 aromatic rings. The van der Waals surface area contributed by atoms with Crippen molar-refractivity contribution < 1.29 is 0 Å². The Morgan fingerprint density at radius 2 is 1.81 bits per heavy atom. The van der Waals surface area contributed by atoms with E-state index in [1.165, 1.54) is 0 Å². The molecule has 1 rings (SSSR count). The van der Waals surface area contributed by atoms with Gasteiger partial charge in [-0.1, -0.05) is 33.6 Å². The summed E-state index contributed by atoms with van der Waals surface area (Å²) in [5.74, 6) is 0. The van der Waals surface area contributed by atoms with E-state index in [0.717, 1.165) is 56.3 Å². The predicted molar refractivity (Wildman–Crippen MR) is 68.0 cm³/mol. The Labute approximate surface area is 97.8 Å². The quantitative estimate of drug-likeness (QED) is 0.759. The maximum Gasteiger partial charge on any atom is 0.269 e. The second kappa shape index (κ2) is 6.56. The minimum Gasteiger partial charge on any atom is -0.299 e. The van der Waals surface area contributed by atoms with Crippen molar-refractivity contribution in [1.82, 2.24) is 9.78 Å². The maximum absolute atomic E-state index is 12.1. The van der Waals surface area contributed by atoms with E-state index in [0.29, 0.717) is 0 Å². The number of hydrogen-bond acceptors (Lipinski definition) is 1. The topological polar surface area (TPSA) is 37.8 Å². The van der Waals surface area contributed by atoms with E-state index in [-0.39, 0.29) is 5.56 Å². The number of aromatic nitrogens is 2. The third-order valence-corrected chi connectivity index (χ3v) is 3.01. The summed E-state index contributed by atoms with van der Waals surface area (Å²) in [6.45, 7) is 7.24. The Morgan fingerprint density at radius 3 is 2.38 bits per heavy atom. The third kappa shape index (κ3) is 3.00. The van der Waals surface area contributed by atoms with Crippen LogP contribution in [0, 0.1) is 0 Å². The van der Waals surface area contributed by atoms with Gasteiger partial charge in [-0.15, -0.1) is 0 Å². The minimum absolute atomic E-state index is 0.207. The molecule has 0 aliphatic carbocycles. The van der Waals surface area contributed by atoms with E-state index in [4.69, 9.17) is 0 Å². The van der Waals surface area contributed by atoms with Gasteiger partial charge in [-0.3, -0.25) is 14.6 Å². The van der Waals surface area contributed by atoms with Crippen LogP contribution in [0.15, 0.2) is 4.79 Å². The van der Waals surface area contributed by atoms with Crippen molar-refractivity contribution in [3.8, 4) is 0 Å². The molecule has 0 unspecified atom stereocenters. The zero-order valence-corrected chi connectivity index (χ0v) is 10.8. The van der Waals surface area contributed by atoms with Crippen LogP contribution in [0.4, 0.5) is 0 Å². The van der Waals surface area contributed by atoms with Gasteiger partial charge in [0.25, 0.3) is 5.56 Å². The first-order valence-electron chi connectivity index (χ1n) is 6.55. The zero-order chi connectivity index (χ0) is 12.0. The first kappa shape index (κ1) is 13.1. The molecular formula is C13H24N2O. The third-order valence-electron chi connectivity index (χ3n) is 3.01. The molecule has 0 aromatic carbocycles. The normalized spacial score (nSPS) is 10.9. The molecule has 3 heteroatoms. The Bertz CT molecular complexity index is 362. The highest BCUT2D eigenvalue weighted by molar-refractivity contribution is 5.17. The molecule has 3 nitrogen and oxygen atoms in total. The van der Waals surface area contributed by atoms with E-state index >= 15 is 0 Å². The van der Waals surface area contributed by atoms with Crippen molar-refractivity contribution in [1.29, 1.82) is 0 Å². The van der Waals surface area contributed by atoms with E-state index in [2.05, 4.69) is 25.9 Å². The van der Waals surface area contributed by atoms with Crippen LogP contribution < -0.4 is 5.56 Å². The van der Waals surface area contributed by atoms with Gasteiger partial charge < -0.3 is 0 Å². The Morgan fingerprint density at radius 1 is 1.12 bits per heavy atom. The van der Waals surface area contributed by atoms with Crippen LogP contribution in [-0.2, 0) is 19.4 Å². The summed E-state index contributed by atoms with van der Waals surface area (Å²) in [6, 6.07) is 0. The molecule has 0 spiro atoms. The van der Waals surface area contributed by atoms with Crippen LogP contribution in [-0.4, -0.2) is 9.78 Å². The number of hydrogen-bond donors (Lipinski definition) is 1. The molecule has 1 aromatic heterocycles. The fourth-order valence-corrected chi connectivity index (χ4v) is 1.95. The zero-order valence-electron chi connectivity index (χ0n) is 10.8. The molecule has 0 amide bonds. The molecule has 92 valence electrons. The first-order valence-corrected chi connectivity index (χ1v) is 6.55. The molecule has 1 heterocycles. The number of aryl methyl sites for hydroxylation is 2. The first-order chi connectivity index (χ1) is 7.74. The number of nitrogens with zero attached hydrogens (tertiary/aromatic N) is 1. The van der Waals surface area contributed by atoms with Crippen molar-refractivity contribution in [3.63, 3.8) is 0 Å². The molecule has 0 aliphatic heterocycles. The average Bonchev–Trinajstić information content (AvgIpc) is 2.60. The van der Waals surface area contributed by atoms with Gasteiger partial charge in [0.15, 0.2) is 0 Å². The van der Waals surface area contributed by atoms with Crippen LogP contribution in [0.5, 0.6) is 0 Å². The van der Waals surface area contributed by atoms with Gasteiger partial charge in [0, 0.05) is 17.8 Å². The van der Waals surface area contributed by atoms with E-state index in [1.807, 2.05) is 0 Å². The molecule has 0 fully saturated rings. The lowest BCUT2D eigenvalue weighted by Crippen LogP contribution is -2.19. The SMILES string of the molecule is CCCCc1c(CC)[nH]n(CCCC)c1=O. The van der Waals surface area contributed by atoms with Crippen molar-refractivity contribution in [2.75, 3.05) is 0 Å². The summed E-state index contributed by atoms with van der Waals surface area (Å²) < 4.78 is 1.79. The average molecular weight is 224 g/mol. The van der Waals surface area contributed by atoms with Gasteiger partial charge >= 0.3 is 0 Å². The summed E-state index contributed by atoms with van der Waals surface area (Å²) in [5, 5.41) is 3.25. The standard InChI is InChI=1S/C13H24N2O/c1-4-7-9-11-12(6-3)14-15(13(11)16)10-8-5-2/h14H,4-10H2,1-3H3. The van der Waals surface area contributed by atoms with Gasteiger partial charge in [0.2, 0.25) is 0 Å².